The van der Waals surface area contributed by atoms with Crippen LogP contribution in [-0.4, -0.2) is 14.5 Å². The molecular weight excluding hydrogens is 248 g/mol. The average Bonchev–Trinajstić information content (AvgIpc) is 2.27. The lowest BCUT2D eigenvalue weighted by molar-refractivity contribution is 0.571. The van der Waals surface area contributed by atoms with Crippen LogP contribution in [0.25, 0.3) is 10.8 Å². The van der Waals surface area contributed by atoms with E-state index >= 15 is 0 Å². The van der Waals surface area contributed by atoms with E-state index in [1.54, 1.807) is 44.2 Å². The first kappa shape index (κ1) is 12.9. The fraction of sp³-hybridized carbons (Fsp3) is 0.231. The van der Waals surface area contributed by atoms with Gasteiger partial charge in [0.2, 0.25) is 10.0 Å². The van der Waals surface area contributed by atoms with Crippen molar-refractivity contribution < 1.29 is 8.42 Å². The van der Waals surface area contributed by atoms with E-state index in [0.29, 0.717) is 11.1 Å². The maximum Gasteiger partial charge on any atom is 0.241 e. The molecule has 0 bridgehead atoms. The topological polar surface area (TPSA) is 72.2 Å². The first-order valence-corrected chi connectivity index (χ1v) is 7.19. The number of nitrogens with one attached hydrogen (secondary N) is 1. The molecule has 0 aromatic heterocycles. The van der Waals surface area contributed by atoms with Crippen molar-refractivity contribution in [2.24, 2.45) is 0 Å². The Morgan fingerprint density at radius 1 is 1.06 bits per heavy atom. The standard InChI is InChI=1S/C13H16N2O2S/c1-9(2)15-18(16,17)13-8-4-5-10-11(13)6-3-7-12(10)14/h3-9,15H,14H2,1-2H3. The molecule has 0 aliphatic heterocycles. The third-order valence-electron chi connectivity index (χ3n) is 2.60. The van der Waals surface area contributed by atoms with Gasteiger partial charge in [-0.05, 0) is 26.0 Å². The van der Waals surface area contributed by atoms with Crippen molar-refractivity contribution in [1.29, 1.82) is 0 Å². The quantitative estimate of drug-likeness (QED) is 0.834. The maximum atomic E-state index is 12.2. The van der Waals surface area contributed by atoms with E-state index in [1.807, 2.05) is 6.07 Å². The van der Waals surface area contributed by atoms with Crippen LogP contribution in [0.4, 0.5) is 5.69 Å². The predicted octanol–water partition coefficient (Wildman–Crippen LogP) is 2.11. The summed E-state index contributed by atoms with van der Waals surface area (Å²) in [5, 5.41) is 1.40. The van der Waals surface area contributed by atoms with Gasteiger partial charge in [-0.2, -0.15) is 0 Å². The lowest BCUT2D eigenvalue weighted by Gasteiger charge is -2.12. The number of rotatable bonds is 3. The van der Waals surface area contributed by atoms with Crippen molar-refractivity contribution in [2.75, 3.05) is 5.73 Å². The molecule has 0 atom stereocenters. The van der Waals surface area contributed by atoms with Gasteiger partial charge >= 0.3 is 0 Å². The minimum absolute atomic E-state index is 0.147. The summed E-state index contributed by atoms with van der Waals surface area (Å²) < 4.78 is 27.0. The second kappa shape index (κ2) is 4.59. The molecule has 0 aliphatic carbocycles. The molecule has 0 aliphatic rings. The molecule has 96 valence electrons. The number of nitrogen functional groups attached to an aromatic ring is 1. The zero-order chi connectivity index (χ0) is 13.3. The molecule has 3 N–H and O–H groups in total. The Hall–Kier alpha value is -1.59. The highest BCUT2D eigenvalue weighted by atomic mass is 32.2. The van der Waals surface area contributed by atoms with Crippen LogP contribution in [0.2, 0.25) is 0 Å². The van der Waals surface area contributed by atoms with Crippen molar-refractivity contribution in [2.45, 2.75) is 24.8 Å². The van der Waals surface area contributed by atoms with Crippen molar-refractivity contribution in [3.05, 3.63) is 36.4 Å². The minimum atomic E-state index is -3.51. The largest absolute Gasteiger partial charge is 0.398 e. The Bertz CT molecular complexity index is 678. The molecule has 5 heteroatoms. The predicted molar refractivity (Wildman–Crippen MR) is 73.8 cm³/mol. The molecule has 0 saturated heterocycles. The van der Waals surface area contributed by atoms with E-state index in [2.05, 4.69) is 4.72 Å². The third-order valence-corrected chi connectivity index (χ3v) is 4.31. The Kier molecular flexibility index (Phi) is 3.28. The van der Waals surface area contributed by atoms with Crippen LogP contribution in [0.15, 0.2) is 41.3 Å². The number of hydrogen-bond donors (Lipinski definition) is 2. The lowest BCUT2D eigenvalue weighted by Crippen LogP contribution is -2.30. The zero-order valence-electron chi connectivity index (χ0n) is 10.3. The van der Waals surface area contributed by atoms with Crippen LogP contribution >= 0.6 is 0 Å². The SMILES string of the molecule is CC(C)NS(=O)(=O)c1cccc2c(N)cccc12. The van der Waals surface area contributed by atoms with Gasteiger partial charge in [-0.1, -0.05) is 24.3 Å². The van der Waals surface area contributed by atoms with Crippen molar-refractivity contribution >= 4 is 26.5 Å². The summed E-state index contributed by atoms with van der Waals surface area (Å²) in [4.78, 5) is 0.265. The van der Waals surface area contributed by atoms with Crippen molar-refractivity contribution in [3.63, 3.8) is 0 Å². The molecule has 0 radical (unpaired) electrons. The van der Waals surface area contributed by atoms with Gasteiger partial charge in [0, 0.05) is 22.5 Å². The fourth-order valence-corrected chi connectivity index (χ4v) is 3.39. The van der Waals surface area contributed by atoms with Gasteiger partial charge in [-0.15, -0.1) is 0 Å². The summed E-state index contributed by atoms with van der Waals surface area (Å²) in [5.74, 6) is 0. The molecular formula is C13H16N2O2S. The second-order valence-corrected chi connectivity index (χ2v) is 6.16. The fourth-order valence-electron chi connectivity index (χ4n) is 1.91. The highest BCUT2D eigenvalue weighted by Crippen LogP contribution is 2.26. The first-order valence-electron chi connectivity index (χ1n) is 5.71. The van der Waals surface area contributed by atoms with Gasteiger partial charge in [0.15, 0.2) is 0 Å². The van der Waals surface area contributed by atoms with Crippen LogP contribution in [0.5, 0.6) is 0 Å². The summed E-state index contributed by atoms with van der Waals surface area (Å²) in [6.45, 7) is 3.58. The number of nitrogens with two attached hydrogens (primary N) is 1. The van der Waals surface area contributed by atoms with Gasteiger partial charge < -0.3 is 5.73 Å². The van der Waals surface area contributed by atoms with E-state index in [9.17, 15) is 8.42 Å². The van der Waals surface area contributed by atoms with Crippen molar-refractivity contribution in [1.82, 2.24) is 4.72 Å². The van der Waals surface area contributed by atoms with Crippen molar-refractivity contribution in [3.8, 4) is 0 Å². The Morgan fingerprint density at radius 3 is 2.33 bits per heavy atom. The highest BCUT2D eigenvalue weighted by molar-refractivity contribution is 7.89. The van der Waals surface area contributed by atoms with Crippen LogP contribution in [0.3, 0.4) is 0 Å². The Morgan fingerprint density at radius 2 is 1.67 bits per heavy atom. The monoisotopic (exact) mass is 264 g/mol. The molecule has 0 spiro atoms. The number of hydrogen-bond acceptors (Lipinski definition) is 3. The number of anilines is 1. The molecule has 0 amide bonds. The smallest absolute Gasteiger partial charge is 0.241 e. The van der Waals surface area contributed by atoms with Crippen LogP contribution in [-0.2, 0) is 10.0 Å². The summed E-state index contributed by atoms with van der Waals surface area (Å²) in [7, 11) is -3.51. The van der Waals surface area contributed by atoms with Gasteiger partial charge in [0.1, 0.15) is 0 Å². The molecule has 18 heavy (non-hydrogen) atoms. The van der Waals surface area contributed by atoms with Crippen LogP contribution < -0.4 is 10.5 Å². The zero-order valence-corrected chi connectivity index (χ0v) is 11.2. The lowest BCUT2D eigenvalue weighted by atomic mass is 10.1. The Balaban J connectivity index is 2.69. The normalized spacial score (nSPS) is 12.2. The second-order valence-electron chi connectivity index (χ2n) is 4.47. The number of sulfonamides is 1. The first-order chi connectivity index (χ1) is 8.42. The maximum absolute atomic E-state index is 12.2. The highest BCUT2D eigenvalue weighted by Gasteiger charge is 2.18. The molecule has 4 nitrogen and oxygen atoms in total. The molecule has 0 saturated carbocycles. The summed E-state index contributed by atoms with van der Waals surface area (Å²) in [6, 6.07) is 10.2. The summed E-state index contributed by atoms with van der Waals surface area (Å²) in [6.07, 6.45) is 0. The van der Waals surface area contributed by atoms with Gasteiger partial charge in [0.05, 0.1) is 4.90 Å². The summed E-state index contributed by atoms with van der Waals surface area (Å²) in [5.41, 5.74) is 6.43. The Labute approximate surface area is 107 Å². The third kappa shape index (κ3) is 2.32. The molecule has 2 aromatic carbocycles. The van der Waals surface area contributed by atoms with E-state index in [0.717, 1.165) is 5.39 Å². The van der Waals surface area contributed by atoms with Gasteiger partial charge in [-0.25, -0.2) is 13.1 Å². The number of benzene rings is 2. The number of fused-ring (bicyclic) bond motifs is 1. The molecule has 2 rings (SSSR count). The minimum Gasteiger partial charge on any atom is -0.398 e. The van der Waals surface area contributed by atoms with E-state index < -0.39 is 10.0 Å². The van der Waals surface area contributed by atoms with E-state index in [4.69, 9.17) is 5.73 Å². The van der Waals surface area contributed by atoms with E-state index in [-0.39, 0.29) is 10.9 Å². The van der Waals surface area contributed by atoms with E-state index in [1.165, 1.54) is 0 Å². The molecule has 2 aromatic rings. The molecule has 0 unspecified atom stereocenters. The van der Waals surface area contributed by atoms with Gasteiger partial charge in [0.25, 0.3) is 0 Å². The molecule has 0 fully saturated rings. The summed E-state index contributed by atoms with van der Waals surface area (Å²) >= 11 is 0. The molecule has 0 heterocycles. The van der Waals surface area contributed by atoms with Gasteiger partial charge in [-0.3, -0.25) is 0 Å². The van der Waals surface area contributed by atoms with Crippen LogP contribution in [0.1, 0.15) is 13.8 Å². The average molecular weight is 264 g/mol. The van der Waals surface area contributed by atoms with Crippen LogP contribution in [0, 0.1) is 0 Å².